The highest BCUT2D eigenvalue weighted by Gasteiger charge is 2.59. The fourth-order valence-corrected chi connectivity index (χ4v) is 3.73. The van der Waals surface area contributed by atoms with Gasteiger partial charge in [0.15, 0.2) is 17.4 Å². The minimum atomic E-state index is -3.83. The van der Waals surface area contributed by atoms with E-state index in [1.807, 2.05) is 19.1 Å². The van der Waals surface area contributed by atoms with Crippen molar-refractivity contribution in [1.82, 2.24) is 9.55 Å². The van der Waals surface area contributed by atoms with Crippen LogP contribution in [0.5, 0.6) is 5.75 Å². The number of nitrogens with zero attached hydrogens (tertiary/aromatic N) is 2. The summed E-state index contributed by atoms with van der Waals surface area (Å²) in [5.74, 6) is -3.61. The summed E-state index contributed by atoms with van der Waals surface area (Å²) >= 11 is 0. The number of aryl methyl sites for hydroxylation is 1. The predicted octanol–water partition coefficient (Wildman–Crippen LogP) is 1.48. The van der Waals surface area contributed by atoms with E-state index in [4.69, 9.17) is 23.7 Å². The van der Waals surface area contributed by atoms with E-state index in [1.54, 1.807) is 6.07 Å². The van der Waals surface area contributed by atoms with E-state index >= 15 is 0 Å². The minimum absolute atomic E-state index is 0.00581. The zero-order valence-electron chi connectivity index (χ0n) is 18.2. The molecule has 1 fully saturated rings. The van der Waals surface area contributed by atoms with Gasteiger partial charge >= 0.3 is 17.6 Å². The number of fused-ring (bicyclic) bond motifs is 1. The molecular formula is C22H22F2N2O8. The van der Waals surface area contributed by atoms with Crippen LogP contribution in [0.15, 0.2) is 39.7 Å². The van der Waals surface area contributed by atoms with Crippen molar-refractivity contribution in [1.29, 1.82) is 0 Å². The Labute approximate surface area is 191 Å². The number of aliphatic hydroxyl groups excluding tert-OH is 2. The van der Waals surface area contributed by atoms with Gasteiger partial charge in [-0.2, -0.15) is 13.8 Å². The molecule has 2 aromatic heterocycles. The van der Waals surface area contributed by atoms with Gasteiger partial charge in [0.25, 0.3) is 0 Å². The number of furan rings is 1. The van der Waals surface area contributed by atoms with Gasteiger partial charge in [-0.1, -0.05) is 0 Å². The molecule has 0 aliphatic carbocycles. The molecule has 0 unspecified atom stereocenters. The highest BCUT2D eigenvalue weighted by molar-refractivity contribution is 5.84. The van der Waals surface area contributed by atoms with Crippen molar-refractivity contribution in [3.05, 3.63) is 58.0 Å². The first-order valence-electron chi connectivity index (χ1n) is 10.3. The maximum Gasteiger partial charge on any atom is 0.350 e. The Kier molecular flexibility index (Phi) is 6.39. The molecule has 4 rings (SSSR count). The molecule has 2 N–H and O–H groups in total. The molecule has 3 aromatic rings. The normalized spacial score (nSPS) is 21.6. The number of esters is 1. The van der Waals surface area contributed by atoms with E-state index in [2.05, 4.69) is 4.98 Å². The molecule has 0 saturated carbocycles. The number of methoxy groups -OCH3 is 1. The quantitative estimate of drug-likeness (QED) is 0.483. The lowest BCUT2D eigenvalue weighted by Crippen LogP contribution is -2.41. The molecule has 3 heterocycles. The summed E-state index contributed by atoms with van der Waals surface area (Å²) in [6.07, 6.45) is -5.39. The van der Waals surface area contributed by atoms with Gasteiger partial charge in [0, 0.05) is 11.6 Å². The van der Waals surface area contributed by atoms with Crippen LogP contribution in [-0.4, -0.2) is 57.6 Å². The molecule has 1 aliphatic heterocycles. The maximum absolute atomic E-state index is 14.3. The number of carbonyl (C=O) groups is 1. The summed E-state index contributed by atoms with van der Waals surface area (Å²) < 4.78 is 50.1. The Hall–Kier alpha value is -3.35. The smallest absolute Gasteiger partial charge is 0.350 e. The van der Waals surface area contributed by atoms with E-state index < -0.39 is 42.6 Å². The molecule has 1 aromatic carbocycles. The van der Waals surface area contributed by atoms with Gasteiger partial charge < -0.3 is 28.8 Å². The van der Waals surface area contributed by atoms with Crippen molar-refractivity contribution in [2.75, 3.05) is 13.7 Å². The van der Waals surface area contributed by atoms with Crippen molar-refractivity contribution < 1.29 is 42.4 Å². The lowest BCUT2D eigenvalue weighted by atomic mass is 10.1. The van der Waals surface area contributed by atoms with E-state index in [1.165, 1.54) is 13.2 Å². The van der Waals surface area contributed by atoms with Crippen molar-refractivity contribution in [2.45, 2.75) is 44.3 Å². The summed E-state index contributed by atoms with van der Waals surface area (Å²) in [6, 6.07) is 6.61. The summed E-state index contributed by atoms with van der Waals surface area (Å²) in [6.45, 7) is 0.884. The molecule has 12 heteroatoms. The van der Waals surface area contributed by atoms with Gasteiger partial charge in [0.2, 0.25) is 6.23 Å². The van der Waals surface area contributed by atoms with Gasteiger partial charge in [0.05, 0.1) is 25.8 Å². The van der Waals surface area contributed by atoms with Gasteiger partial charge in [-0.3, -0.25) is 9.36 Å². The molecule has 0 bridgehead atoms. The number of aliphatic hydroxyl groups is 2. The Balaban J connectivity index is 1.42. The number of hydrogen-bond acceptors (Lipinski definition) is 9. The van der Waals surface area contributed by atoms with Gasteiger partial charge in [-0.25, -0.2) is 4.79 Å². The Morgan fingerprint density at radius 3 is 2.74 bits per heavy atom. The van der Waals surface area contributed by atoms with Crippen LogP contribution in [0.3, 0.4) is 0 Å². The zero-order chi connectivity index (χ0) is 24.6. The number of hydrogen-bond donors (Lipinski definition) is 2. The SMILES string of the molecule is COc1cc(C)cc2cc(COC(=O)Cc3ccn([C@@H]4O[C@H](CO)[C@@H](O)C4(F)F)c(=O)n3)oc12. The highest BCUT2D eigenvalue weighted by atomic mass is 19.3. The summed E-state index contributed by atoms with van der Waals surface area (Å²) in [4.78, 5) is 28.1. The number of aromatic nitrogens is 2. The molecule has 0 radical (unpaired) electrons. The number of alkyl halides is 2. The summed E-state index contributed by atoms with van der Waals surface area (Å²) in [5.41, 5.74) is 0.370. The first kappa shape index (κ1) is 23.8. The average Bonchev–Trinajstić information content (AvgIpc) is 3.30. The number of ether oxygens (including phenoxy) is 3. The average molecular weight is 480 g/mol. The zero-order valence-corrected chi connectivity index (χ0v) is 18.2. The van der Waals surface area contributed by atoms with E-state index in [-0.39, 0.29) is 18.7 Å². The van der Waals surface area contributed by atoms with E-state index in [9.17, 15) is 23.5 Å². The van der Waals surface area contributed by atoms with Crippen molar-refractivity contribution in [2.24, 2.45) is 0 Å². The molecule has 1 saturated heterocycles. The van der Waals surface area contributed by atoms with Gasteiger partial charge in [-0.15, -0.1) is 0 Å². The minimum Gasteiger partial charge on any atom is -0.493 e. The van der Waals surface area contributed by atoms with Crippen LogP contribution >= 0.6 is 0 Å². The Bertz CT molecular complexity index is 1270. The van der Waals surface area contributed by atoms with Crippen LogP contribution in [0.2, 0.25) is 0 Å². The predicted molar refractivity (Wildman–Crippen MR) is 111 cm³/mol. The highest BCUT2D eigenvalue weighted by Crippen LogP contribution is 2.42. The lowest BCUT2D eigenvalue weighted by molar-refractivity contribution is -0.144. The van der Waals surface area contributed by atoms with Crippen LogP contribution in [0.1, 0.15) is 23.2 Å². The van der Waals surface area contributed by atoms with Crippen LogP contribution in [0.4, 0.5) is 8.78 Å². The molecule has 0 spiro atoms. The molecule has 1 aliphatic rings. The standard InChI is InChI=1S/C22H22F2N2O8/c1-11-5-12-7-14(33-18(12)15(6-11)31-2)10-32-17(28)8-13-3-4-26(21(30)25-13)20-22(23,24)19(29)16(9-27)34-20/h3-7,16,19-20,27,29H,8-10H2,1-2H3/t16-,19-,20-/m1/s1. The van der Waals surface area contributed by atoms with Crippen LogP contribution in [-0.2, 0) is 27.3 Å². The Morgan fingerprint density at radius 1 is 1.32 bits per heavy atom. The second kappa shape index (κ2) is 9.12. The summed E-state index contributed by atoms with van der Waals surface area (Å²) in [5, 5.41) is 19.5. The largest absolute Gasteiger partial charge is 0.493 e. The molecule has 3 atom stereocenters. The lowest BCUT2D eigenvalue weighted by Gasteiger charge is -2.21. The van der Waals surface area contributed by atoms with Crippen molar-refractivity contribution in [3.8, 4) is 5.75 Å². The summed E-state index contributed by atoms with van der Waals surface area (Å²) in [7, 11) is 1.52. The van der Waals surface area contributed by atoms with Crippen LogP contribution < -0.4 is 10.4 Å². The third-order valence-electron chi connectivity index (χ3n) is 5.40. The van der Waals surface area contributed by atoms with Crippen molar-refractivity contribution in [3.63, 3.8) is 0 Å². The monoisotopic (exact) mass is 480 g/mol. The third-order valence-corrected chi connectivity index (χ3v) is 5.40. The van der Waals surface area contributed by atoms with E-state index in [0.717, 1.165) is 17.1 Å². The van der Waals surface area contributed by atoms with Crippen molar-refractivity contribution >= 4 is 16.9 Å². The molecule has 182 valence electrons. The van der Waals surface area contributed by atoms with Crippen LogP contribution in [0.25, 0.3) is 11.0 Å². The first-order valence-corrected chi connectivity index (χ1v) is 10.3. The second-order valence-corrected chi connectivity index (χ2v) is 7.87. The van der Waals surface area contributed by atoms with E-state index in [0.29, 0.717) is 21.7 Å². The maximum atomic E-state index is 14.3. The second-order valence-electron chi connectivity index (χ2n) is 7.87. The van der Waals surface area contributed by atoms with Crippen LogP contribution in [0, 0.1) is 6.92 Å². The molecular weight excluding hydrogens is 458 g/mol. The van der Waals surface area contributed by atoms with Gasteiger partial charge in [-0.05, 0) is 36.8 Å². The fourth-order valence-electron chi connectivity index (χ4n) is 3.73. The topological polar surface area (TPSA) is 133 Å². The number of carbonyl (C=O) groups excluding carboxylic acids is 1. The third kappa shape index (κ3) is 4.39. The Morgan fingerprint density at radius 2 is 2.09 bits per heavy atom. The fraction of sp³-hybridized carbons (Fsp3) is 0.409. The molecule has 10 nitrogen and oxygen atoms in total. The molecule has 34 heavy (non-hydrogen) atoms. The van der Waals surface area contributed by atoms with Gasteiger partial charge in [0.1, 0.15) is 18.5 Å². The number of benzene rings is 1. The number of rotatable bonds is 7. The first-order chi connectivity index (χ1) is 16.1. The number of halogens is 2. The molecule has 0 amide bonds.